The highest BCUT2D eigenvalue weighted by atomic mass is 16.7. The quantitative estimate of drug-likeness (QED) is 0.412. The first kappa shape index (κ1) is 31.9. The minimum absolute atomic E-state index is 0.0261. The number of morpholine rings is 1. The van der Waals surface area contributed by atoms with Crippen molar-refractivity contribution in [3.05, 3.63) is 0 Å². The van der Waals surface area contributed by atoms with E-state index in [1.807, 2.05) is 0 Å². The van der Waals surface area contributed by atoms with Gasteiger partial charge in [-0.15, -0.1) is 0 Å². The van der Waals surface area contributed by atoms with Gasteiger partial charge in [0.2, 0.25) is 0 Å². The van der Waals surface area contributed by atoms with E-state index in [1.165, 1.54) is 38.5 Å². The van der Waals surface area contributed by atoms with E-state index >= 15 is 0 Å². The predicted molar refractivity (Wildman–Crippen MR) is 171 cm³/mol. The van der Waals surface area contributed by atoms with E-state index in [-0.39, 0.29) is 40.8 Å². The van der Waals surface area contributed by atoms with E-state index in [2.05, 4.69) is 39.5 Å². The summed E-state index contributed by atoms with van der Waals surface area (Å²) < 4.78 is 25.4. The molecule has 0 amide bonds. The minimum Gasteiger partial charge on any atom is -0.390 e. The highest BCUT2D eigenvalue weighted by Gasteiger charge is 2.84. The van der Waals surface area contributed by atoms with Crippen LogP contribution in [0.1, 0.15) is 99.8 Å². The van der Waals surface area contributed by atoms with E-state index in [0.29, 0.717) is 40.5 Å². The van der Waals surface area contributed by atoms with E-state index in [1.54, 1.807) is 13.8 Å². The lowest BCUT2D eigenvalue weighted by Gasteiger charge is -2.64. The Hall–Kier alpha value is -0.320. The van der Waals surface area contributed by atoms with Gasteiger partial charge < -0.3 is 34.9 Å². The highest BCUT2D eigenvalue weighted by molar-refractivity contribution is 5.33. The van der Waals surface area contributed by atoms with E-state index < -0.39 is 17.7 Å². The summed E-state index contributed by atoms with van der Waals surface area (Å²) in [6.45, 7) is 20.1. The summed E-state index contributed by atoms with van der Waals surface area (Å²) >= 11 is 0. The molecule has 0 aromatic carbocycles. The molecule has 3 aliphatic heterocycles. The maximum atomic E-state index is 12.5. The highest BCUT2D eigenvalue weighted by Crippen LogP contribution is 2.89. The monoisotopic (exact) mass is 630 g/mol. The van der Waals surface area contributed by atoms with Crippen LogP contribution >= 0.6 is 0 Å². The number of nitrogens with zero attached hydrogens (tertiary/aromatic N) is 1. The fourth-order valence-corrected chi connectivity index (χ4v) is 13.9. The van der Waals surface area contributed by atoms with Gasteiger partial charge in [-0.05, 0) is 111 Å². The Morgan fingerprint density at radius 1 is 1.00 bits per heavy atom. The standard InChI is InChI=1S/C37H62N2O6/c1-21-16-23(30(38)33(4,5)41)44-29-28(21)34(6)12-13-37-20-36(37)11-10-26(45-27-17-39(14-15-43-27)22-18-42-19-22)32(2,3)24(36)8-9-25(37)35(34,7)31(29)40/h21-31,40-41H,8-20,38H2,1-7H3/t21-,23?,24+,25?,26?,27+,28+,29?,30?,31+,34?,35-,36?,37?/m1/s1. The van der Waals surface area contributed by atoms with Gasteiger partial charge in [0.25, 0.3) is 0 Å². The lowest BCUT2D eigenvalue weighted by molar-refractivity contribution is -0.256. The number of nitrogens with two attached hydrogens (primary N) is 1. The number of aliphatic hydroxyl groups excluding tert-OH is 1. The van der Waals surface area contributed by atoms with Gasteiger partial charge in [-0.2, -0.15) is 0 Å². The van der Waals surface area contributed by atoms with Crippen LogP contribution in [0.15, 0.2) is 0 Å². The lowest BCUT2D eigenvalue weighted by atomic mass is 9.41. The van der Waals surface area contributed by atoms with Crippen molar-refractivity contribution in [2.75, 3.05) is 32.9 Å². The molecule has 8 aliphatic rings. The van der Waals surface area contributed by atoms with Crippen molar-refractivity contribution in [1.29, 1.82) is 0 Å². The second-order valence-electron chi connectivity index (χ2n) is 18.8. The number of ether oxygens (including phenoxy) is 4. The Kier molecular flexibility index (Phi) is 7.18. The van der Waals surface area contributed by atoms with E-state index in [9.17, 15) is 10.2 Å². The summed E-state index contributed by atoms with van der Waals surface area (Å²) in [6.07, 6.45) is 8.44. The minimum atomic E-state index is -1.02. The Morgan fingerprint density at radius 3 is 2.40 bits per heavy atom. The molecular formula is C37H62N2O6. The van der Waals surface area contributed by atoms with Crippen molar-refractivity contribution >= 4 is 0 Å². The van der Waals surface area contributed by atoms with Crippen LogP contribution in [0.4, 0.5) is 0 Å². The molecule has 2 spiro atoms. The molecular weight excluding hydrogens is 568 g/mol. The summed E-state index contributed by atoms with van der Waals surface area (Å²) in [5, 5.41) is 23.2. The van der Waals surface area contributed by atoms with Crippen molar-refractivity contribution < 1.29 is 29.2 Å². The van der Waals surface area contributed by atoms with Crippen LogP contribution in [0, 0.1) is 50.7 Å². The maximum Gasteiger partial charge on any atom is 0.170 e. The normalized spacial score (nSPS) is 54.9. The van der Waals surface area contributed by atoms with Gasteiger partial charge >= 0.3 is 0 Å². The molecule has 8 nitrogen and oxygen atoms in total. The fourth-order valence-electron chi connectivity index (χ4n) is 13.9. The summed E-state index contributed by atoms with van der Waals surface area (Å²) in [4.78, 5) is 2.51. The van der Waals surface area contributed by atoms with Gasteiger partial charge in [0, 0.05) is 12.0 Å². The Morgan fingerprint density at radius 2 is 1.71 bits per heavy atom. The average Bonchev–Trinajstić information content (AvgIpc) is 3.57. The number of aliphatic hydroxyl groups is 2. The van der Waals surface area contributed by atoms with E-state index in [0.717, 1.165) is 45.8 Å². The smallest absolute Gasteiger partial charge is 0.170 e. The van der Waals surface area contributed by atoms with Gasteiger partial charge in [0.1, 0.15) is 0 Å². The number of rotatable bonds is 5. The van der Waals surface area contributed by atoms with Crippen LogP contribution in [0.25, 0.3) is 0 Å². The third kappa shape index (κ3) is 4.12. The number of fused-ring (bicyclic) bond motifs is 4. The summed E-state index contributed by atoms with van der Waals surface area (Å²) in [6, 6.07) is 0.0497. The van der Waals surface area contributed by atoms with Crippen LogP contribution in [0.5, 0.6) is 0 Å². The largest absolute Gasteiger partial charge is 0.390 e. The van der Waals surface area contributed by atoms with Crippen LogP contribution in [-0.2, 0) is 18.9 Å². The SMILES string of the molecule is C[C@@H]1CC(C(N)C(C)(C)O)OC2[C@H]1C1(C)CCC34CC35CCC(O[C@H]3CN(C6COC6)CCO3)C(C)(C)[C@@H]5CCC4[C@]1(C)[C@H]2O. The van der Waals surface area contributed by atoms with Gasteiger partial charge in [0.15, 0.2) is 6.29 Å². The summed E-state index contributed by atoms with van der Waals surface area (Å²) in [7, 11) is 0. The zero-order valence-corrected chi connectivity index (χ0v) is 29.1. The third-order valence-corrected chi connectivity index (χ3v) is 16.5. The predicted octanol–water partition coefficient (Wildman–Crippen LogP) is 4.34. The maximum absolute atomic E-state index is 12.5. The molecule has 8 unspecified atom stereocenters. The topological polar surface area (TPSA) is 107 Å². The fraction of sp³-hybridized carbons (Fsp3) is 1.00. The Labute approximate surface area is 271 Å². The molecule has 8 heteroatoms. The van der Waals surface area contributed by atoms with Crippen molar-refractivity contribution in [3.63, 3.8) is 0 Å². The number of hydrogen-bond donors (Lipinski definition) is 3. The third-order valence-electron chi connectivity index (χ3n) is 16.5. The van der Waals surface area contributed by atoms with Gasteiger partial charge in [-0.25, -0.2) is 0 Å². The van der Waals surface area contributed by atoms with Gasteiger partial charge in [-0.3, -0.25) is 4.90 Å². The van der Waals surface area contributed by atoms with Crippen LogP contribution < -0.4 is 5.73 Å². The molecule has 4 N–H and O–H groups in total. The molecule has 256 valence electrons. The molecule has 5 aliphatic carbocycles. The number of hydrogen-bond acceptors (Lipinski definition) is 8. The molecule has 3 heterocycles. The van der Waals surface area contributed by atoms with Gasteiger partial charge in [0.05, 0.1) is 68.5 Å². The van der Waals surface area contributed by atoms with Crippen molar-refractivity contribution in [2.45, 2.75) is 148 Å². The summed E-state index contributed by atoms with van der Waals surface area (Å²) in [5.74, 6) is 1.85. The Bertz CT molecular complexity index is 1170. The zero-order valence-electron chi connectivity index (χ0n) is 29.1. The average molecular weight is 631 g/mol. The van der Waals surface area contributed by atoms with Gasteiger partial charge in [-0.1, -0.05) is 34.6 Å². The molecule has 8 rings (SSSR count). The molecule has 45 heavy (non-hydrogen) atoms. The second-order valence-corrected chi connectivity index (χ2v) is 18.8. The van der Waals surface area contributed by atoms with Crippen LogP contribution in [0.3, 0.4) is 0 Å². The first-order chi connectivity index (χ1) is 21.1. The molecule has 0 aromatic heterocycles. The molecule has 3 saturated heterocycles. The van der Waals surface area contributed by atoms with Crippen molar-refractivity contribution in [1.82, 2.24) is 4.90 Å². The molecule has 5 saturated carbocycles. The lowest BCUT2D eigenvalue weighted by Crippen LogP contribution is -2.60. The van der Waals surface area contributed by atoms with Crippen LogP contribution in [0.2, 0.25) is 0 Å². The van der Waals surface area contributed by atoms with Crippen LogP contribution in [-0.4, -0.2) is 96.4 Å². The van der Waals surface area contributed by atoms with Crippen molar-refractivity contribution in [3.8, 4) is 0 Å². The zero-order chi connectivity index (χ0) is 31.9. The Balaban J connectivity index is 1.03. The first-order valence-corrected chi connectivity index (χ1v) is 18.5. The molecule has 0 radical (unpaired) electrons. The molecule has 0 bridgehead atoms. The summed E-state index contributed by atoms with van der Waals surface area (Å²) in [5.41, 5.74) is 6.15. The molecule has 8 fully saturated rings. The molecule has 0 aromatic rings. The second kappa shape index (κ2) is 10.1. The molecule has 14 atom stereocenters. The van der Waals surface area contributed by atoms with Crippen molar-refractivity contribution in [2.24, 2.45) is 56.5 Å². The van der Waals surface area contributed by atoms with E-state index in [4.69, 9.17) is 24.7 Å². The first-order valence-electron chi connectivity index (χ1n) is 18.5.